The summed E-state index contributed by atoms with van der Waals surface area (Å²) in [6.45, 7) is 0. The summed E-state index contributed by atoms with van der Waals surface area (Å²) in [5.41, 5.74) is 12.3. The standard InChI is InChI=1S/C6H7N5/c7-4-1-2-5-9-10-6(8)11(5)3-4/h1-3H,7H2,(H2,8,10). The minimum absolute atomic E-state index is 0.354. The van der Waals surface area contributed by atoms with Gasteiger partial charge in [-0.05, 0) is 12.1 Å². The molecule has 56 valence electrons. The summed E-state index contributed by atoms with van der Waals surface area (Å²) in [4.78, 5) is 0. The van der Waals surface area contributed by atoms with Crippen LogP contribution >= 0.6 is 0 Å². The Morgan fingerprint density at radius 2 is 2.00 bits per heavy atom. The zero-order valence-corrected chi connectivity index (χ0v) is 5.73. The summed E-state index contributed by atoms with van der Waals surface area (Å²) in [5, 5.41) is 7.46. The fourth-order valence-electron chi connectivity index (χ4n) is 0.925. The predicted molar refractivity (Wildman–Crippen MR) is 41.8 cm³/mol. The average Bonchev–Trinajstić information content (AvgIpc) is 2.33. The fraction of sp³-hybridized carbons (Fsp3) is 0. The molecule has 0 saturated carbocycles. The number of nitrogen functional groups attached to an aromatic ring is 2. The normalized spacial score (nSPS) is 10.5. The molecule has 0 radical (unpaired) electrons. The van der Waals surface area contributed by atoms with Crippen LogP contribution in [0.1, 0.15) is 0 Å². The molecule has 2 rings (SSSR count). The molecule has 0 amide bonds. The van der Waals surface area contributed by atoms with Crippen molar-refractivity contribution in [3.05, 3.63) is 18.3 Å². The van der Waals surface area contributed by atoms with Crippen molar-refractivity contribution in [2.75, 3.05) is 11.5 Å². The third kappa shape index (κ3) is 0.778. The number of nitrogens with two attached hydrogens (primary N) is 2. The van der Waals surface area contributed by atoms with Crippen LogP contribution in [0.5, 0.6) is 0 Å². The number of aromatic nitrogens is 3. The van der Waals surface area contributed by atoms with Crippen LogP contribution < -0.4 is 11.5 Å². The van der Waals surface area contributed by atoms with Crippen molar-refractivity contribution in [3.8, 4) is 0 Å². The van der Waals surface area contributed by atoms with Gasteiger partial charge in [0.25, 0.3) is 0 Å². The molecule has 0 bridgehead atoms. The van der Waals surface area contributed by atoms with E-state index in [1.807, 2.05) is 0 Å². The summed E-state index contributed by atoms with van der Waals surface area (Å²) >= 11 is 0. The molecular formula is C6H7N5. The Balaban J connectivity index is 2.87. The molecule has 0 fully saturated rings. The summed E-state index contributed by atoms with van der Waals surface area (Å²) in [6.07, 6.45) is 1.69. The van der Waals surface area contributed by atoms with Crippen LogP contribution in [-0.2, 0) is 0 Å². The van der Waals surface area contributed by atoms with E-state index in [9.17, 15) is 0 Å². The highest BCUT2D eigenvalue weighted by Gasteiger charge is 1.98. The lowest BCUT2D eigenvalue weighted by molar-refractivity contribution is 1.12. The SMILES string of the molecule is Nc1ccc2nnc(N)n2c1. The number of hydrogen-bond acceptors (Lipinski definition) is 4. The maximum absolute atomic E-state index is 5.52. The first-order valence-electron chi connectivity index (χ1n) is 3.13. The molecule has 0 atom stereocenters. The minimum atomic E-state index is 0.354. The van der Waals surface area contributed by atoms with E-state index in [-0.39, 0.29) is 0 Å². The van der Waals surface area contributed by atoms with Crippen molar-refractivity contribution in [2.45, 2.75) is 0 Å². The predicted octanol–water partition coefficient (Wildman–Crippen LogP) is -0.106. The van der Waals surface area contributed by atoms with Crippen LogP contribution in [0.15, 0.2) is 18.3 Å². The smallest absolute Gasteiger partial charge is 0.226 e. The Labute approximate surface area is 62.6 Å². The molecule has 2 heterocycles. The molecule has 0 spiro atoms. The van der Waals surface area contributed by atoms with E-state index in [0.29, 0.717) is 17.3 Å². The van der Waals surface area contributed by atoms with Crippen molar-refractivity contribution < 1.29 is 0 Å². The van der Waals surface area contributed by atoms with Gasteiger partial charge in [-0.1, -0.05) is 0 Å². The second-order valence-corrected chi connectivity index (χ2v) is 2.25. The van der Waals surface area contributed by atoms with Gasteiger partial charge in [0.15, 0.2) is 5.65 Å². The van der Waals surface area contributed by atoms with Crippen molar-refractivity contribution in [3.63, 3.8) is 0 Å². The fourth-order valence-corrected chi connectivity index (χ4v) is 0.925. The van der Waals surface area contributed by atoms with Crippen LogP contribution in [0.3, 0.4) is 0 Å². The summed E-state index contributed by atoms with van der Waals surface area (Å²) in [7, 11) is 0. The van der Waals surface area contributed by atoms with Crippen LogP contribution in [-0.4, -0.2) is 14.6 Å². The topological polar surface area (TPSA) is 82.2 Å². The molecule has 0 saturated heterocycles. The van der Waals surface area contributed by atoms with E-state index in [4.69, 9.17) is 11.5 Å². The molecule has 5 heteroatoms. The van der Waals surface area contributed by atoms with E-state index >= 15 is 0 Å². The monoisotopic (exact) mass is 149 g/mol. The molecule has 4 N–H and O–H groups in total. The molecule has 2 aromatic rings. The van der Waals surface area contributed by atoms with E-state index in [0.717, 1.165) is 0 Å². The Morgan fingerprint density at radius 1 is 1.18 bits per heavy atom. The van der Waals surface area contributed by atoms with Crippen molar-refractivity contribution >= 4 is 17.3 Å². The molecule has 5 nitrogen and oxygen atoms in total. The first kappa shape index (κ1) is 5.96. The largest absolute Gasteiger partial charge is 0.398 e. The first-order chi connectivity index (χ1) is 5.27. The Bertz CT molecular complexity index is 391. The second-order valence-electron chi connectivity index (χ2n) is 2.25. The van der Waals surface area contributed by atoms with Gasteiger partial charge < -0.3 is 11.5 Å². The van der Waals surface area contributed by atoms with Gasteiger partial charge in [-0.2, -0.15) is 0 Å². The quantitative estimate of drug-likeness (QED) is 0.547. The first-order valence-corrected chi connectivity index (χ1v) is 3.13. The zero-order valence-electron chi connectivity index (χ0n) is 5.73. The number of nitrogens with zero attached hydrogens (tertiary/aromatic N) is 3. The molecule has 0 aliphatic carbocycles. The number of fused-ring (bicyclic) bond motifs is 1. The summed E-state index contributed by atoms with van der Waals surface area (Å²) in [5.74, 6) is 0.354. The van der Waals surface area contributed by atoms with Gasteiger partial charge in [0, 0.05) is 11.9 Å². The van der Waals surface area contributed by atoms with Gasteiger partial charge in [0.05, 0.1) is 0 Å². The highest BCUT2D eigenvalue weighted by Crippen LogP contribution is 2.08. The van der Waals surface area contributed by atoms with Crippen LogP contribution in [0.4, 0.5) is 11.6 Å². The highest BCUT2D eigenvalue weighted by molar-refractivity contribution is 5.50. The molecule has 0 aliphatic rings. The highest BCUT2D eigenvalue weighted by atomic mass is 15.3. The lowest BCUT2D eigenvalue weighted by Crippen LogP contribution is -1.95. The van der Waals surface area contributed by atoms with Gasteiger partial charge in [0.2, 0.25) is 5.95 Å². The average molecular weight is 149 g/mol. The lowest BCUT2D eigenvalue weighted by Gasteiger charge is -1.94. The van der Waals surface area contributed by atoms with Crippen LogP contribution in [0.2, 0.25) is 0 Å². The molecule has 2 aromatic heterocycles. The lowest BCUT2D eigenvalue weighted by atomic mass is 10.4. The van der Waals surface area contributed by atoms with Crippen LogP contribution in [0, 0.1) is 0 Å². The zero-order chi connectivity index (χ0) is 7.84. The molecule has 0 aliphatic heterocycles. The number of hydrogen-bond donors (Lipinski definition) is 2. The molecule has 0 unspecified atom stereocenters. The van der Waals surface area contributed by atoms with Crippen molar-refractivity contribution in [2.24, 2.45) is 0 Å². The van der Waals surface area contributed by atoms with Crippen molar-refractivity contribution in [1.29, 1.82) is 0 Å². The number of rotatable bonds is 0. The van der Waals surface area contributed by atoms with Crippen LogP contribution in [0.25, 0.3) is 5.65 Å². The van der Waals surface area contributed by atoms with E-state index < -0.39 is 0 Å². The Hall–Kier alpha value is -1.78. The second kappa shape index (κ2) is 1.85. The summed E-state index contributed by atoms with van der Waals surface area (Å²) in [6, 6.07) is 3.52. The summed E-state index contributed by atoms with van der Waals surface area (Å²) < 4.78 is 1.63. The van der Waals surface area contributed by atoms with Crippen molar-refractivity contribution in [1.82, 2.24) is 14.6 Å². The van der Waals surface area contributed by atoms with Gasteiger partial charge >= 0.3 is 0 Å². The third-order valence-corrected chi connectivity index (χ3v) is 1.45. The van der Waals surface area contributed by atoms with Gasteiger partial charge in [0.1, 0.15) is 0 Å². The molecular weight excluding hydrogens is 142 g/mol. The molecule has 0 aromatic carbocycles. The van der Waals surface area contributed by atoms with E-state index in [2.05, 4.69) is 10.2 Å². The molecule has 11 heavy (non-hydrogen) atoms. The third-order valence-electron chi connectivity index (χ3n) is 1.45. The maximum Gasteiger partial charge on any atom is 0.226 e. The van der Waals surface area contributed by atoms with Gasteiger partial charge in [-0.3, -0.25) is 4.40 Å². The minimum Gasteiger partial charge on any atom is -0.398 e. The van der Waals surface area contributed by atoms with E-state index in [1.54, 1.807) is 22.7 Å². The van der Waals surface area contributed by atoms with Gasteiger partial charge in [-0.25, -0.2) is 0 Å². The van der Waals surface area contributed by atoms with E-state index in [1.165, 1.54) is 0 Å². The van der Waals surface area contributed by atoms with Gasteiger partial charge in [-0.15, -0.1) is 10.2 Å². The Kier molecular flexibility index (Phi) is 1.00. The number of pyridine rings is 1. The Morgan fingerprint density at radius 3 is 2.82 bits per heavy atom. The maximum atomic E-state index is 5.52. The number of anilines is 2.